The van der Waals surface area contributed by atoms with E-state index >= 15 is 0 Å². The number of nitrogens with two attached hydrogens (primary N) is 1. The lowest BCUT2D eigenvalue weighted by molar-refractivity contribution is -0.150. The summed E-state index contributed by atoms with van der Waals surface area (Å²) in [4.78, 5) is 55.5. The number of halogens is 1. The van der Waals surface area contributed by atoms with Gasteiger partial charge in [0, 0.05) is 32.2 Å². The molecule has 5 rings (SSSR count). The van der Waals surface area contributed by atoms with Crippen LogP contribution in [0.4, 0.5) is 9.52 Å². The number of amides is 2. The summed E-state index contributed by atoms with van der Waals surface area (Å²) in [7, 11) is 0. The number of thioether (sulfide) groups is 2. The maximum atomic E-state index is 13.7. The fraction of sp³-hybridized carbons (Fsp3) is 0.143. The minimum absolute atomic E-state index is 0.0292. The van der Waals surface area contributed by atoms with Gasteiger partial charge in [-0.05, 0) is 18.2 Å². The van der Waals surface area contributed by atoms with Crippen molar-refractivity contribution in [3.8, 4) is 0 Å². The molecule has 1 unspecified atom stereocenters. The number of hydrogen-bond donors (Lipinski definition) is 4. The number of carbonyl (C=O) groups is 3. The van der Waals surface area contributed by atoms with Gasteiger partial charge in [0.2, 0.25) is 0 Å². The number of carbonyl (C=O) groups excluding carboxylic acids is 2. The highest BCUT2D eigenvalue weighted by atomic mass is 32.2. The van der Waals surface area contributed by atoms with Gasteiger partial charge in [0.1, 0.15) is 28.6 Å². The van der Waals surface area contributed by atoms with Crippen LogP contribution in [0, 0.1) is 5.82 Å². The number of nitrogen functional groups attached to an aromatic ring is 1. The molecule has 11 nitrogen and oxygen atoms in total. The van der Waals surface area contributed by atoms with Crippen LogP contribution in [-0.2, 0) is 14.4 Å². The molecule has 3 aromatic rings. The highest BCUT2D eigenvalue weighted by Gasteiger charge is 2.54. The Morgan fingerprint density at radius 1 is 1.30 bits per heavy atom. The molecule has 0 bridgehead atoms. The number of nitrogens with zero attached hydrogens (tertiary/aromatic N) is 3. The van der Waals surface area contributed by atoms with E-state index in [0.717, 1.165) is 39.3 Å². The van der Waals surface area contributed by atoms with Crippen LogP contribution in [0.2, 0.25) is 0 Å². The Hall–Kier alpha value is -3.47. The van der Waals surface area contributed by atoms with Crippen molar-refractivity contribution in [2.45, 2.75) is 15.6 Å². The first-order valence-electron chi connectivity index (χ1n) is 10.2. The van der Waals surface area contributed by atoms with E-state index in [1.807, 2.05) is 0 Å². The Kier molecular flexibility index (Phi) is 6.65. The molecule has 1 fully saturated rings. The Morgan fingerprint density at radius 3 is 2.76 bits per heavy atom. The first-order valence-corrected chi connectivity index (χ1v) is 13.8. The molecule has 2 aromatic heterocycles. The van der Waals surface area contributed by atoms with Gasteiger partial charge in [-0.3, -0.25) is 19.3 Å². The summed E-state index contributed by atoms with van der Waals surface area (Å²) in [5, 5.41) is 25.8. The minimum Gasteiger partial charge on any atom is -0.477 e. The Labute approximate surface area is 222 Å². The van der Waals surface area contributed by atoms with Gasteiger partial charge in [-0.15, -0.1) is 34.4 Å². The minimum atomic E-state index is -1.35. The van der Waals surface area contributed by atoms with Gasteiger partial charge in [0.15, 0.2) is 16.3 Å². The lowest BCUT2D eigenvalue weighted by Gasteiger charge is -2.49. The lowest BCUT2D eigenvalue weighted by atomic mass is 10.0. The third kappa shape index (κ3) is 4.56. The number of anilines is 1. The van der Waals surface area contributed by atoms with E-state index in [1.54, 1.807) is 0 Å². The molecular formula is C21H14FN5O6S4. The van der Waals surface area contributed by atoms with Crippen molar-refractivity contribution in [1.29, 1.82) is 0 Å². The van der Waals surface area contributed by atoms with E-state index in [-0.39, 0.29) is 27.7 Å². The standard InChI is InChI=1S/C21H14FN5O6S4/c22-7-1-2-8-10(28)4-13(36-11(8)3-7)37-12-6-34-19-15(18(30)27(19)16(12)20(31)32)25-17(29)14(26-33)9-5-35-21(23)24-9/h1-5,15,19,33H,6H2,(H2,23,24)(H,25,29)(H,31,32)/t15?,19-/m0/s1. The number of hydrogen-bond acceptors (Lipinski definition) is 12. The molecular weight excluding hydrogens is 566 g/mol. The van der Waals surface area contributed by atoms with Crippen molar-refractivity contribution in [2.24, 2.45) is 5.16 Å². The molecule has 2 amide bonds. The monoisotopic (exact) mass is 579 g/mol. The number of benzene rings is 1. The normalized spacial score (nSPS) is 19.5. The first-order chi connectivity index (χ1) is 17.7. The lowest BCUT2D eigenvalue weighted by Crippen LogP contribution is -2.71. The molecule has 0 radical (unpaired) electrons. The number of fused-ring (bicyclic) bond motifs is 2. The third-order valence-electron chi connectivity index (χ3n) is 5.39. The third-order valence-corrected chi connectivity index (χ3v) is 9.81. The molecule has 1 saturated heterocycles. The van der Waals surface area contributed by atoms with Crippen molar-refractivity contribution in [3.05, 3.63) is 62.0 Å². The molecule has 5 N–H and O–H groups in total. The van der Waals surface area contributed by atoms with E-state index in [0.29, 0.717) is 19.2 Å². The van der Waals surface area contributed by atoms with Crippen LogP contribution in [0.15, 0.2) is 54.4 Å². The van der Waals surface area contributed by atoms with Crippen LogP contribution < -0.4 is 16.5 Å². The molecule has 4 heterocycles. The fourth-order valence-electron chi connectivity index (χ4n) is 3.77. The van der Waals surface area contributed by atoms with Gasteiger partial charge in [-0.2, -0.15) is 0 Å². The van der Waals surface area contributed by atoms with Gasteiger partial charge < -0.3 is 21.4 Å². The smallest absolute Gasteiger partial charge is 0.353 e. The summed E-state index contributed by atoms with van der Waals surface area (Å²) in [5.41, 5.74) is 4.55. The summed E-state index contributed by atoms with van der Waals surface area (Å²) < 4.78 is 14.5. The van der Waals surface area contributed by atoms with Crippen LogP contribution in [0.5, 0.6) is 0 Å². The average Bonchev–Trinajstić information content (AvgIpc) is 3.27. The molecule has 2 aliphatic rings. The highest BCUT2D eigenvalue weighted by Crippen LogP contribution is 2.46. The van der Waals surface area contributed by atoms with E-state index in [4.69, 9.17) is 5.73 Å². The highest BCUT2D eigenvalue weighted by molar-refractivity contribution is 8.07. The topological polar surface area (TPSA) is 175 Å². The van der Waals surface area contributed by atoms with Crippen LogP contribution >= 0.6 is 46.2 Å². The second-order valence-corrected chi connectivity index (χ2v) is 12.1. The predicted octanol–water partition coefficient (Wildman–Crippen LogP) is 2.11. The molecule has 190 valence electrons. The number of rotatable bonds is 6. The van der Waals surface area contributed by atoms with Gasteiger partial charge in [-0.25, -0.2) is 14.2 Å². The number of carboxylic acid groups (broad SMARTS) is 1. The number of aromatic nitrogens is 1. The molecule has 0 saturated carbocycles. The number of carboxylic acids is 1. The molecule has 16 heteroatoms. The van der Waals surface area contributed by atoms with Gasteiger partial charge in [0.25, 0.3) is 11.8 Å². The first kappa shape index (κ1) is 25.2. The molecule has 2 aliphatic heterocycles. The van der Waals surface area contributed by atoms with Crippen molar-refractivity contribution in [1.82, 2.24) is 15.2 Å². The zero-order chi connectivity index (χ0) is 26.4. The maximum Gasteiger partial charge on any atom is 0.353 e. The summed E-state index contributed by atoms with van der Waals surface area (Å²) in [6.45, 7) is 0. The van der Waals surface area contributed by atoms with Crippen LogP contribution in [0.25, 0.3) is 10.1 Å². The second-order valence-electron chi connectivity index (χ2n) is 7.63. The Morgan fingerprint density at radius 2 is 2.08 bits per heavy atom. The van der Waals surface area contributed by atoms with Crippen LogP contribution in [-0.4, -0.2) is 60.9 Å². The summed E-state index contributed by atoms with van der Waals surface area (Å²) in [6, 6.07) is 4.11. The zero-order valence-corrected chi connectivity index (χ0v) is 21.5. The Bertz CT molecular complexity index is 1600. The van der Waals surface area contributed by atoms with Crippen molar-refractivity contribution in [3.63, 3.8) is 0 Å². The van der Waals surface area contributed by atoms with Gasteiger partial charge in [-0.1, -0.05) is 16.9 Å². The molecule has 0 spiro atoms. The van der Waals surface area contributed by atoms with Crippen LogP contribution in [0.1, 0.15) is 5.69 Å². The quantitative estimate of drug-likeness (QED) is 0.146. The van der Waals surface area contributed by atoms with Crippen LogP contribution in [0.3, 0.4) is 0 Å². The van der Waals surface area contributed by atoms with Gasteiger partial charge in [0.05, 0.1) is 4.21 Å². The number of oxime groups is 1. The molecule has 1 aromatic carbocycles. The summed E-state index contributed by atoms with van der Waals surface area (Å²) >= 11 is 4.41. The SMILES string of the molecule is Nc1nc(C(=NO)C(=O)NC2C(=O)N3C(C(=O)O)=C(Sc4cc(=O)c5ccc(F)cc5s4)CS[C@@H]23)cs1. The average molecular weight is 580 g/mol. The van der Waals surface area contributed by atoms with Crippen molar-refractivity contribution in [2.75, 3.05) is 11.5 Å². The van der Waals surface area contributed by atoms with E-state index in [2.05, 4.69) is 15.5 Å². The van der Waals surface area contributed by atoms with Gasteiger partial charge >= 0.3 is 5.97 Å². The maximum absolute atomic E-state index is 13.7. The number of nitrogens with one attached hydrogen (secondary N) is 1. The molecule has 37 heavy (non-hydrogen) atoms. The van der Waals surface area contributed by atoms with Crippen molar-refractivity contribution < 1.29 is 29.1 Å². The summed E-state index contributed by atoms with van der Waals surface area (Å²) in [5.74, 6) is -3.21. The zero-order valence-electron chi connectivity index (χ0n) is 18.2. The number of β-lactam (4-membered cyclic amide) rings is 1. The largest absolute Gasteiger partial charge is 0.477 e. The summed E-state index contributed by atoms with van der Waals surface area (Å²) in [6.07, 6.45) is 0. The van der Waals surface area contributed by atoms with E-state index in [9.17, 15) is 33.9 Å². The Balaban J connectivity index is 1.39. The second kappa shape index (κ2) is 9.77. The molecule has 2 atom stereocenters. The molecule has 0 aliphatic carbocycles. The fourth-order valence-corrected chi connectivity index (χ4v) is 8.21. The predicted molar refractivity (Wildman–Crippen MR) is 138 cm³/mol. The number of thiazole rings is 1. The number of aliphatic carboxylic acids is 1. The van der Waals surface area contributed by atoms with E-state index in [1.165, 1.54) is 41.4 Å². The van der Waals surface area contributed by atoms with Crippen molar-refractivity contribution >= 4 is 84.9 Å². The van der Waals surface area contributed by atoms with E-state index < -0.39 is 40.7 Å².